The van der Waals surface area contributed by atoms with Crippen LogP contribution in [0.1, 0.15) is 104 Å². The molecule has 1 aromatic carbocycles. The Kier molecular flexibility index (Phi) is 7.16. The molecular weight excluding hydrogens is 336 g/mol. The largest absolute Gasteiger partial charge is 0.507 e. The zero-order valence-electron chi connectivity index (χ0n) is 18.1. The van der Waals surface area contributed by atoms with E-state index < -0.39 is 0 Å². The highest BCUT2D eigenvalue weighted by Gasteiger charge is 2.31. The summed E-state index contributed by atoms with van der Waals surface area (Å²) in [7, 11) is 0. The number of phenols is 1. The Hall–Kier alpha value is -0.630. The molecule has 1 saturated carbocycles. The van der Waals surface area contributed by atoms with Gasteiger partial charge in [-0.15, -0.1) is 0 Å². The molecule has 0 aromatic heterocycles. The maximum atomic E-state index is 11.1. The summed E-state index contributed by atoms with van der Waals surface area (Å²) < 4.78 is 0. The summed E-state index contributed by atoms with van der Waals surface area (Å²) in [5, 5.41) is 11.9. The van der Waals surface area contributed by atoms with Gasteiger partial charge in [-0.05, 0) is 35.2 Å². The van der Waals surface area contributed by atoms with Gasteiger partial charge in [0.25, 0.3) is 0 Å². The number of thioether (sulfide) groups is 1. The van der Waals surface area contributed by atoms with Gasteiger partial charge in [-0.25, -0.2) is 0 Å². The fourth-order valence-corrected chi connectivity index (χ4v) is 4.96. The molecule has 0 unspecified atom stereocenters. The molecule has 0 spiro atoms. The Balaban J connectivity index is 2.34. The van der Waals surface area contributed by atoms with Gasteiger partial charge in [0.1, 0.15) is 5.75 Å². The fraction of sp³-hybridized carbons (Fsp3) is 0.750. The molecule has 0 amide bonds. The third-order valence-electron chi connectivity index (χ3n) is 6.47. The van der Waals surface area contributed by atoms with Gasteiger partial charge in [-0.2, -0.15) is 11.8 Å². The van der Waals surface area contributed by atoms with E-state index in [9.17, 15) is 5.11 Å². The number of benzene rings is 1. The standard InChI is InChI=1S/C24H40OS/c1-17(2)24(6,7)21-15-19(23(3,4)5)14-18(22(21)25)16-26-20-12-10-8-9-11-13-20/h14-15,17,20,25H,8-13,16H2,1-7H3. The van der Waals surface area contributed by atoms with Crippen molar-refractivity contribution in [2.45, 2.75) is 109 Å². The van der Waals surface area contributed by atoms with Crippen molar-refractivity contribution in [3.8, 4) is 5.75 Å². The van der Waals surface area contributed by atoms with Gasteiger partial charge in [0.05, 0.1) is 0 Å². The quantitative estimate of drug-likeness (QED) is 0.534. The molecule has 1 aliphatic rings. The van der Waals surface area contributed by atoms with Crippen molar-refractivity contribution in [1.82, 2.24) is 0 Å². The van der Waals surface area contributed by atoms with Crippen LogP contribution in [0.2, 0.25) is 0 Å². The molecule has 1 aliphatic carbocycles. The Morgan fingerprint density at radius 2 is 1.58 bits per heavy atom. The van der Waals surface area contributed by atoms with Crippen LogP contribution in [0.25, 0.3) is 0 Å². The maximum Gasteiger partial charge on any atom is 0.123 e. The van der Waals surface area contributed by atoms with Crippen LogP contribution >= 0.6 is 11.8 Å². The van der Waals surface area contributed by atoms with E-state index >= 15 is 0 Å². The summed E-state index contributed by atoms with van der Waals surface area (Å²) in [5.41, 5.74) is 3.66. The van der Waals surface area contributed by atoms with E-state index in [2.05, 4.69) is 72.4 Å². The first kappa shape index (κ1) is 21.7. The van der Waals surface area contributed by atoms with Gasteiger partial charge >= 0.3 is 0 Å². The van der Waals surface area contributed by atoms with Crippen molar-refractivity contribution < 1.29 is 5.11 Å². The number of phenolic OH excluding ortho intramolecular Hbond substituents is 1. The van der Waals surface area contributed by atoms with Crippen molar-refractivity contribution in [1.29, 1.82) is 0 Å². The fourth-order valence-electron chi connectivity index (χ4n) is 3.66. The molecule has 148 valence electrons. The molecule has 0 heterocycles. The molecule has 1 aromatic rings. The zero-order valence-corrected chi connectivity index (χ0v) is 18.9. The summed E-state index contributed by atoms with van der Waals surface area (Å²) in [6.07, 6.45) is 8.22. The van der Waals surface area contributed by atoms with Crippen molar-refractivity contribution in [2.75, 3.05) is 0 Å². The molecule has 0 bridgehead atoms. The molecule has 2 rings (SSSR count). The predicted molar refractivity (Wildman–Crippen MR) is 117 cm³/mol. The molecule has 1 nitrogen and oxygen atoms in total. The molecule has 26 heavy (non-hydrogen) atoms. The van der Waals surface area contributed by atoms with E-state index in [0.717, 1.165) is 22.1 Å². The second kappa shape index (κ2) is 8.59. The highest BCUT2D eigenvalue weighted by molar-refractivity contribution is 7.99. The molecule has 0 saturated heterocycles. The first-order valence-electron chi connectivity index (χ1n) is 10.5. The number of aromatic hydroxyl groups is 1. The first-order chi connectivity index (χ1) is 12.0. The highest BCUT2D eigenvalue weighted by Crippen LogP contribution is 2.43. The number of hydrogen-bond donors (Lipinski definition) is 1. The Bertz CT molecular complexity index is 587. The van der Waals surface area contributed by atoms with Crippen LogP contribution in [-0.4, -0.2) is 10.4 Å². The highest BCUT2D eigenvalue weighted by atomic mass is 32.2. The lowest BCUT2D eigenvalue weighted by atomic mass is 9.72. The number of hydrogen-bond acceptors (Lipinski definition) is 2. The maximum absolute atomic E-state index is 11.1. The summed E-state index contributed by atoms with van der Waals surface area (Å²) in [5.74, 6) is 1.95. The Labute approximate surface area is 166 Å². The Morgan fingerprint density at radius 3 is 2.08 bits per heavy atom. The molecule has 1 N–H and O–H groups in total. The van der Waals surface area contributed by atoms with Gasteiger partial charge in [-0.1, -0.05) is 86.3 Å². The van der Waals surface area contributed by atoms with Crippen molar-refractivity contribution in [2.24, 2.45) is 5.92 Å². The van der Waals surface area contributed by atoms with E-state index in [0.29, 0.717) is 11.7 Å². The summed E-state index contributed by atoms with van der Waals surface area (Å²) in [6, 6.07) is 4.52. The lowest BCUT2D eigenvalue weighted by Gasteiger charge is -2.33. The van der Waals surface area contributed by atoms with Crippen LogP contribution in [0.5, 0.6) is 5.75 Å². The van der Waals surface area contributed by atoms with Crippen LogP contribution in [-0.2, 0) is 16.6 Å². The number of rotatable bonds is 5. The molecule has 1 fully saturated rings. The van der Waals surface area contributed by atoms with Crippen LogP contribution in [0.15, 0.2) is 12.1 Å². The lowest BCUT2D eigenvalue weighted by molar-refractivity contribution is 0.349. The minimum absolute atomic E-state index is 0.0346. The third-order valence-corrected chi connectivity index (χ3v) is 7.89. The molecule has 0 atom stereocenters. The van der Waals surface area contributed by atoms with Crippen molar-refractivity contribution in [3.63, 3.8) is 0 Å². The van der Waals surface area contributed by atoms with Crippen LogP contribution in [0.3, 0.4) is 0 Å². The Morgan fingerprint density at radius 1 is 1.00 bits per heavy atom. The topological polar surface area (TPSA) is 20.2 Å². The second-order valence-electron chi connectivity index (χ2n) is 10.1. The summed E-state index contributed by atoms with van der Waals surface area (Å²) >= 11 is 2.07. The van der Waals surface area contributed by atoms with Gasteiger partial charge in [-0.3, -0.25) is 0 Å². The van der Waals surface area contributed by atoms with Gasteiger partial charge in [0.2, 0.25) is 0 Å². The van der Waals surface area contributed by atoms with E-state index in [1.54, 1.807) is 0 Å². The average Bonchev–Trinajstić information content (AvgIpc) is 2.81. The molecule has 2 heteroatoms. The average molecular weight is 377 g/mol. The lowest BCUT2D eigenvalue weighted by Crippen LogP contribution is -2.26. The normalized spacial score (nSPS) is 17.5. The summed E-state index contributed by atoms with van der Waals surface area (Å²) in [6.45, 7) is 15.9. The SMILES string of the molecule is CC(C)C(C)(C)c1cc(C(C)(C)C)cc(CSC2CCCCCC2)c1O. The molecule has 0 aliphatic heterocycles. The van der Waals surface area contributed by atoms with E-state index in [1.807, 2.05) is 0 Å². The van der Waals surface area contributed by atoms with Crippen molar-refractivity contribution in [3.05, 3.63) is 28.8 Å². The smallest absolute Gasteiger partial charge is 0.123 e. The monoisotopic (exact) mass is 376 g/mol. The van der Waals surface area contributed by atoms with Crippen LogP contribution in [0, 0.1) is 5.92 Å². The van der Waals surface area contributed by atoms with Crippen LogP contribution < -0.4 is 0 Å². The van der Waals surface area contributed by atoms with Gasteiger partial charge in [0.15, 0.2) is 0 Å². The van der Waals surface area contributed by atoms with Gasteiger partial charge < -0.3 is 5.11 Å². The second-order valence-corrected chi connectivity index (χ2v) is 11.4. The minimum Gasteiger partial charge on any atom is -0.507 e. The van der Waals surface area contributed by atoms with E-state index in [4.69, 9.17) is 0 Å². The van der Waals surface area contributed by atoms with E-state index in [-0.39, 0.29) is 10.8 Å². The molecular formula is C24H40OS. The van der Waals surface area contributed by atoms with E-state index in [1.165, 1.54) is 44.1 Å². The van der Waals surface area contributed by atoms with Gasteiger partial charge in [0, 0.05) is 22.1 Å². The zero-order chi connectivity index (χ0) is 19.5. The van der Waals surface area contributed by atoms with Crippen molar-refractivity contribution >= 4 is 11.8 Å². The van der Waals surface area contributed by atoms with Crippen LogP contribution in [0.4, 0.5) is 0 Å². The minimum atomic E-state index is -0.0346. The predicted octanol–water partition coefficient (Wildman–Crippen LogP) is 7.58. The first-order valence-corrected chi connectivity index (χ1v) is 11.6. The third kappa shape index (κ3) is 5.21. The molecule has 0 radical (unpaired) electrons. The summed E-state index contributed by atoms with van der Waals surface area (Å²) in [4.78, 5) is 0.